The molecule has 0 radical (unpaired) electrons. The lowest BCUT2D eigenvalue weighted by Gasteiger charge is -2.23. The van der Waals surface area contributed by atoms with Gasteiger partial charge in [-0.25, -0.2) is 0 Å². The molecular formula is C11H22N2O2. The molecule has 1 rings (SSSR count). The Morgan fingerprint density at radius 2 is 2.33 bits per heavy atom. The third kappa shape index (κ3) is 4.62. The standard InChI is InChI=1S/C11H22N2O2/c1-11(2,15-3)8-13-10(14)6-9-4-5-12-7-9/h9,12H,4-8H2,1-3H3,(H,13,14). The first-order valence-electron chi connectivity index (χ1n) is 5.56. The summed E-state index contributed by atoms with van der Waals surface area (Å²) in [6, 6.07) is 0. The summed E-state index contributed by atoms with van der Waals surface area (Å²) in [5, 5.41) is 6.17. The van der Waals surface area contributed by atoms with Gasteiger partial charge in [-0.3, -0.25) is 4.79 Å². The Hall–Kier alpha value is -0.610. The molecule has 4 heteroatoms. The lowest BCUT2D eigenvalue weighted by Crippen LogP contribution is -2.40. The third-order valence-corrected chi connectivity index (χ3v) is 2.90. The fourth-order valence-corrected chi connectivity index (χ4v) is 1.61. The second-order valence-electron chi connectivity index (χ2n) is 4.80. The summed E-state index contributed by atoms with van der Waals surface area (Å²) < 4.78 is 5.23. The fraction of sp³-hybridized carbons (Fsp3) is 0.909. The Morgan fingerprint density at radius 1 is 1.60 bits per heavy atom. The third-order valence-electron chi connectivity index (χ3n) is 2.90. The second kappa shape index (κ2) is 5.47. The SMILES string of the molecule is COC(C)(C)CNC(=O)CC1CCNC1. The van der Waals surface area contributed by atoms with Crippen molar-refractivity contribution in [2.45, 2.75) is 32.3 Å². The van der Waals surface area contributed by atoms with E-state index in [0.29, 0.717) is 18.9 Å². The van der Waals surface area contributed by atoms with Crippen LogP contribution in [0.4, 0.5) is 0 Å². The van der Waals surface area contributed by atoms with Crippen molar-refractivity contribution in [3.8, 4) is 0 Å². The van der Waals surface area contributed by atoms with Crippen LogP contribution in [0.25, 0.3) is 0 Å². The van der Waals surface area contributed by atoms with E-state index >= 15 is 0 Å². The average molecular weight is 214 g/mol. The molecule has 0 aromatic carbocycles. The minimum absolute atomic E-state index is 0.133. The highest BCUT2D eigenvalue weighted by Crippen LogP contribution is 2.12. The van der Waals surface area contributed by atoms with Gasteiger partial charge in [0.25, 0.3) is 0 Å². The van der Waals surface area contributed by atoms with E-state index < -0.39 is 0 Å². The molecule has 88 valence electrons. The Bertz CT molecular complexity index is 211. The Balaban J connectivity index is 2.18. The predicted octanol–water partition coefficient (Wildman–Crippen LogP) is 0.527. The predicted molar refractivity (Wildman–Crippen MR) is 59.7 cm³/mol. The number of rotatable bonds is 5. The van der Waals surface area contributed by atoms with E-state index in [0.717, 1.165) is 19.5 Å². The van der Waals surface area contributed by atoms with E-state index in [1.165, 1.54) is 0 Å². The van der Waals surface area contributed by atoms with Gasteiger partial charge in [0.05, 0.1) is 5.60 Å². The topological polar surface area (TPSA) is 50.4 Å². The van der Waals surface area contributed by atoms with Crippen LogP contribution in [0.5, 0.6) is 0 Å². The highest BCUT2D eigenvalue weighted by atomic mass is 16.5. The van der Waals surface area contributed by atoms with E-state index in [4.69, 9.17) is 4.74 Å². The highest BCUT2D eigenvalue weighted by Gasteiger charge is 2.20. The summed E-state index contributed by atoms with van der Waals surface area (Å²) in [6.07, 6.45) is 1.74. The summed E-state index contributed by atoms with van der Waals surface area (Å²) in [5.41, 5.74) is -0.274. The maximum atomic E-state index is 11.6. The fourth-order valence-electron chi connectivity index (χ4n) is 1.61. The van der Waals surface area contributed by atoms with Crippen molar-refractivity contribution in [3.63, 3.8) is 0 Å². The number of hydrogen-bond acceptors (Lipinski definition) is 3. The van der Waals surface area contributed by atoms with Gasteiger partial charge in [-0.15, -0.1) is 0 Å². The van der Waals surface area contributed by atoms with E-state index in [-0.39, 0.29) is 11.5 Å². The zero-order valence-electron chi connectivity index (χ0n) is 9.93. The molecule has 1 unspecified atom stereocenters. The summed E-state index contributed by atoms with van der Waals surface area (Å²) in [4.78, 5) is 11.6. The molecule has 1 heterocycles. The first kappa shape index (κ1) is 12.5. The lowest BCUT2D eigenvalue weighted by molar-refractivity contribution is -0.123. The molecule has 15 heavy (non-hydrogen) atoms. The van der Waals surface area contributed by atoms with Gasteiger partial charge in [0, 0.05) is 20.1 Å². The molecular weight excluding hydrogens is 192 g/mol. The van der Waals surface area contributed by atoms with Crippen molar-refractivity contribution in [2.24, 2.45) is 5.92 Å². The molecule has 1 atom stereocenters. The maximum absolute atomic E-state index is 11.6. The quantitative estimate of drug-likeness (QED) is 0.702. The van der Waals surface area contributed by atoms with Gasteiger partial charge in [0.2, 0.25) is 5.91 Å². The van der Waals surface area contributed by atoms with Gasteiger partial charge in [0.15, 0.2) is 0 Å². The maximum Gasteiger partial charge on any atom is 0.220 e. The van der Waals surface area contributed by atoms with Crippen molar-refractivity contribution in [1.29, 1.82) is 0 Å². The smallest absolute Gasteiger partial charge is 0.220 e. The first-order valence-corrected chi connectivity index (χ1v) is 5.56. The van der Waals surface area contributed by atoms with Crippen LogP contribution in [-0.2, 0) is 9.53 Å². The molecule has 1 aliphatic rings. The number of carbonyl (C=O) groups excluding carboxylic acids is 1. The average Bonchev–Trinajstić information content (AvgIpc) is 2.68. The number of ether oxygens (including phenoxy) is 1. The van der Waals surface area contributed by atoms with Gasteiger partial charge in [-0.2, -0.15) is 0 Å². The van der Waals surface area contributed by atoms with Crippen molar-refractivity contribution >= 4 is 5.91 Å². The number of amides is 1. The van der Waals surface area contributed by atoms with Gasteiger partial charge < -0.3 is 15.4 Å². The van der Waals surface area contributed by atoms with Crippen LogP contribution in [0.2, 0.25) is 0 Å². The molecule has 0 spiro atoms. The molecule has 2 N–H and O–H groups in total. The first-order chi connectivity index (χ1) is 7.03. The monoisotopic (exact) mass is 214 g/mol. The summed E-state index contributed by atoms with van der Waals surface area (Å²) in [6.45, 7) is 6.51. The van der Waals surface area contributed by atoms with Gasteiger partial charge in [-0.05, 0) is 39.3 Å². The number of nitrogens with one attached hydrogen (secondary N) is 2. The minimum Gasteiger partial charge on any atom is -0.377 e. The van der Waals surface area contributed by atoms with Crippen molar-refractivity contribution < 1.29 is 9.53 Å². The van der Waals surface area contributed by atoms with E-state index in [9.17, 15) is 4.79 Å². The van der Waals surface area contributed by atoms with E-state index in [1.807, 2.05) is 13.8 Å². The molecule has 1 aliphatic heterocycles. The largest absolute Gasteiger partial charge is 0.377 e. The normalized spacial score (nSPS) is 21.7. The van der Waals surface area contributed by atoms with Gasteiger partial charge in [-0.1, -0.05) is 0 Å². The van der Waals surface area contributed by atoms with Crippen molar-refractivity contribution in [3.05, 3.63) is 0 Å². The molecule has 0 bridgehead atoms. The Labute approximate surface area is 91.8 Å². The summed E-state index contributed by atoms with van der Waals surface area (Å²) in [7, 11) is 1.66. The number of hydrogen-bond donors (Lipinski definition) is 2. The molecule has 1 amide bonds. The van der Waals surface area contributed by atoms with Crippen LogP contribution in [0, 0.1) is 5.92 Å². The Kier molecular flexibility index (Phi) is 4.54. The molecule has 1 fully saturated rings. The van der Waals surface area contributed by atoms with Crippen LogP contribution in [0.15, 0.2) is 0 Å². The molecule has 0 saturated carbocycles. The lowest BCUT2D eigenvalue weighted by atomic mass is 10.0. The van der Waals surface area contributed by atoms with Crippen LogP contribution in [0.1, 0.15) is 26.7 Å². The van der Waals surface area contributed by atoms with Crippen molar-refractivity contribution in [1.82, 2.24) is 10.6 Å². The molecule has 0 aromatic heterocycles. The molecule has 0 aromatic rings. The summed E-state index contributed by atoms with van der Waals surface area (Å²) >= 11 is 0. The van der Waals surface area contributed by atoms with Crippen LogP contribution >= 0.6 is 0 Å². The van der Waals surface area contributed by atoms with Crippen LogP contribution < -0.4 is 10.6 Å². The highest BCUT2D eigenvalue weighted by molar-refractivity contribution is 5.76. The van der Waals surface area contributed by atoms with Crippen LogP contribution in [0.3, 0.4) is 0 Å². The molecule has 1 saturated heterocycles. The van der Waals surface area contributed by atoms with Crippen molar-refractivity contribution in [2.75, 3.05) is 26.7 Å². The van der Waals surface area contributed by atoms with Gasteiger partial charge in [0.1, 0.15) is 0 Å². The molecule has 0 aliphatic carbocycles. The van der Waals surface area contributed by atoms with Gasteiger partial charge >= 0.3 is 0 Å². The molecule has 4 nitrogen and oxygen atoms in total. The number of methoxy groups -OCH3 is 1. The summed E-state index contributed by atoms with van der Waals surface area (Å²) in [5.74, 6) is 0.643. The zero-order valence-corrected chi connectivity index (χ0v) is 9.93. The minimum atomic E-state index is -0.274. The second-order valence-corrected chi connectivity index (χ2v) is 4.80. The Morgan fingerprint density at radius 3 is 2.87 bits per heavy atom. The van der Waals surface area contributed by atoms with Crippen LogP contribution in [-0.4, -0.2) is 38.3 Å². The van der Waals surface area contributed by atoms with E-state index in [1.54, 1.807) is 7.11 Å². The zero-order chi connectivity index (χ0) is 11.3. The number of carbonyl (C=O) groups is 1. The van der Waals surface area contributed by atoms with E-state index in [2.05, 4.69) is 10.6 Å².